The van der Waals surface area contributed by atoms with Gasteiger partial charge in [0.15, 0.2) is 5.11 Å². The zero-order chi connectivity index (χ0) is 24.6. The summed E-state index contributed by atoms with van der Waals surface area (Å²) in [5, 5.41) is 8.44. The third kappa shape index (κ3) is 5.04. The number of likely N-dealkylation sites (tertiary alicyclic amines) is 1. The lowest BCUT2D eigenvalue weighted by Crippen LogP contribution is -2.57. The summed E-state index contributed by atoms with van der Waals surface area (Å²) in [6.07, 6.45) is 14.5. The van der Waals surface area contributed by atoms with Crippen LogP contribution in [0.2, 0.25) is 0 Å². The van der Waals surface area contributed by atoms with Crippen LogP contribution >= 0.6 is 12.2 Å². The van der Waals surface area contributed by atoms with Crippen molar-refractivity contribution in [2.24, 2.45) is 11.3 Å². The van der Waals surface area contributed by atoms with Gasteiger partial charge < -0.3 is 10.6 Å². The van der Waals surface area contributed by atoms with Gasteiger partial charge in [-0.3, -0.25) is 4.90 Å². The first-order valence-electron chi connectivity index (χ1n) is 14.7. The molecule has 35 heavy (non-hydrogen) atoms. The molecule has 1 unspecified atom stereocenters. The van der Waals surface area contributed by atoms with Gasteiger partial charge in [-0.15, -0.1) is 0 Å². The van der Waals surface area contributed by atoms with Gasteiger partial charge in [-0.25, -0.2) is 0 Å². The van der Waals surface area contributed by atoms with E-state index in [-0.39, 0.29) is 10.8 Å². The van der Waals surface area contributed by atoms with Gasteiger partial charge in [-0.1, -0.05) is 65.2 Å². The molecule has 3 aliphatic carbocycles. The van der Waals surface area contributed by atoms with E-state index in [1.54, 1.807) is 11.1 Å². The number of aryl methyl sites for hydroxylation is 1. The van der Waals surface area contributed by atoms with E-state index in [2.05, 4.69) is 61.4 Å². The lowest BCUT2D eigenvalue weighted by atomic mass is 9.49. The van der Waals surface area contributed by atoms with Gasteiger partial charge in [0, 0.05) is 18.6 Å². The summed E-state index contributed by atoms with van der Waals surface area (Å²) in [6.45, 7) is 13.3. The van der Waals surface area contributed by atoms with Gasteiger partial charge >= 0.3 is 0 Å². The number of rotatable bonds is 5. The van der Waals surface area contributed by atoms with Crippen LogP contribution in [0.1, 0.15) is 115 Å². The van der Waals surface area contributed by atoms with E-state index in [0.717, 1.165) is 11.7 Å². The van der Waals surface area contributed by atoms with Crippen molar-refractivity contribution in [3.63, 3.8) is 0 Å². The summed E-state index contributed by atoms with van der Waals surface area (Å²) in [5.74, 6) is 1.32. The van der Waals surface area contributed by atoms with E-state index in [1.165, 1.54) is 89.3 Å². The molecule has 0 amide bonds. The zero-order valence-electron chi connectivity index (χ0n) is 22.8. The predicted octanol–water partition coefficient (Wildman–Crippen LogP) is 6.69. The first kappa shape index (κ1) is 25.5. The molecule has 1 aromatic rings. The van der Waals surface area contributed by atoms with Crippen LogP contribution in [0, 0.1) is 11.3 Å². The van der Waals surface area contributed by atoms with Crippen molar-refractivity contribution in [2.75, 3.05) is 19.6 Å². The fourth-order valence-electron chi connectivity index (χ4n) is 8.51. The summed E-state index contributed by atoms with van der Waals surface area (Å²) in [7, 11) is 0. The van der Waals surface area contributed by atoms with Crippen LogP contribution < -0.4 is 10.6 Å². The minimum atomic E-state index is 0.286. The Labute approximate surface area is 220 Å². The van der Waals surface area contributed by atoms with E-state index in [4.69, 9.17) is 12.2 Å². The Balaban J connectivity index is 1.25. The van der Waals surface area contributed by atoms with Crippen molar-refractivity contribution in [1.82, 2.24) is 15.5 Å². The molecule has 1 aliphatic heterocycles. The molecule has 0 bridgehead atoms. The number of hydrogen-bond acceptors (Lipinski definition) is 2. The maximum atomic E-state index is 5.92. The number of fused-ring (bicyclic) bond motifs is 3. The highest BCUT2D eigenvalue weighted by Crippen LogP contribution is 2.57. The quantitative estimate of drug-likeness (QED) is 0.445. The van der Waals surface area contributed by atoms with Gasteiger partial charge in [0.05, 0.1) is 0 Å². The molecule has 4 aliphatic rings. The first-order chi connectivity index (χ1) is 16.8. The Bertz CT molecular complexity index is 906. The maximum Gasteiger partial charge on any atom is 0.166 e. The molecule has 1 saturated heterocycles. The highest BCUT2D eigenvalue weighted by atomic mass is 32.1. The molecule has 0 spiro atoms. The zero-order valence-corrected chi connectivity index (χ0v) is 23.6. The number of hydrogen-bond donors (Lipinski definition) is 2. The average Bonchev–Trinajstić information content (AvgIpc) is 3.38. The Morgan fingerprint density at radius 2 is 1.80 bits per heavy atom. The van der Waals surface area contributed by atoms with Crippen LogP contribution in [-0.4, -0.2) is 41.7 Å². The molecular weight excluding hydrogens is 446 g/mol. The Morgan fingerprint density at radius 3 is 2.57 bits per heavy atom. The molecular formula is C31H49N3S. The number of nitrogens with zero attached hydrogens (tertiary/aromatic N) is 1. The van der Waals surface area contributed by atoms with Crippen LogP contribution in [0.5, 0.6) is 0 Å². The van der Waals surface area contributed by atoms with Crippen LogP contribution in [0.25, 0.3) is 0 Å². The largest absolute Gasteiger partial charge is 0.362 e. The predicted molar refractivity (Wildman–Crippen MR) is 152 cm³/mol. The minimum Gasteiger partial charge on any atom is -0.362 e. The molecule has 5 rings (SSSR count). The van der Waals surface area contributed by atoms with Crippen LogP contribution in [0.15, 0.2) is 18.2 Å². The molecule has 194 valence electrons. The van der Waals surface area contributed by atoms with Crippen molar-refractivity contribution in [3.8, 4) is 0 Å². The van der Waals surface area contributed by atoms with Crippen molar-refractivity contribution >= 4 is 17.3 Å². The molecule has 2 N–H and O–H groups in total. The lowest BCUT2D eigenvalue weighted by molar-refractivity contribution is 0.0291. The van der Waals surface area contributed by atoms with Gasteiger partial charge in [-0.2, -0.15) is 0 Å². The highest BCUT2D eigenvalue weighted by molar-refractivity contribution is 7.80. The highest BCUT2D eigenvalue weighted by Gasteiger charge is 2.51. The van der Waals surface area contributed by atoms with Gasteiger partial charge in [0.2, 0.25) is 0 Å². The fourth-order valence-corrected chi connectivity index (χ4v) is 8.73. The van der Waals surface area contributed by atoms with Gasteiger partial charge in [0.1, 0.15) is 0 Å². The van der Waals surface area contributed by atoms with Crippen molar-refractivity contribution in [1.29, 1.82) is 0 Å². The van der Waals surface area contributed by atoms with E-state index < -0.39 is 0 Å². The molecule has 0 radical (unpaired) electrons. The summed E-state index contributed by atoms with van der Waals surface area (Å²) >= 11 is 5.92. The van der Waals surface area contributed by atoms with Crippen LogP contribution in [-0.2, 0) is 11.8 Å². The van der Waals surface area contributed by atoms with Crippen LogP contribution in [0.4, 0.5) is 0 Å². The van der Waals surface area contributed by atoms with E-state index >= 15 is 0 Å². The topological polar surface area (TPSA) is 27.3 Å². The smallest absolute Gasteiger partial charge is 0.166 e. The van der Waals surface area contributed by atoms with Gasteiger partial charge in [-0.05, 0) is 116 Å². The number of thiocarbonyl (C=S) groups is 1. The van der Waals surface area contributed by atoms with Crippen molar-refractivity contribution in [3.05, 3.63) is 34.9 Å². The fraction of sp³-hybridized carbons (Fsp3) is 0.774. The standard InChI is InChI=1S/C31H49N3S/c1-22(2)23-12-14-25-24(20-23)13-15-28-30(3,16-9-17-31(25,28)4)21-32-29(35)33-26-10-5-6-11-27(26)34-18-7-8-19-34/h12,14,20,22,26-28H,5-11,13,15-19,21H2,1-4H3,(H2,32,33,35)/t26?,27-,28-,30-,31+/m0/s1. The second-order valence-corrected chi connectivity index (χ2v) is 13.5. The molecule has 3 nitrogen and oxygen atoms in total. The second-order valence-electron chi connectivity index (χ2n) is 13.1. The molecule has 1 aromatic carbocycles. The Kier molecular flexibility index (Phi) is 7.53. The molecule has 2 saturated carbocycles. The third-order valence-corrected chi connectivity index (χ3v) is 10.7. The SMILES string of the molecule is CC(C)c1ccc2c(c1)CC[C@H]1[C@](C)(CNC(=S)NC3CCCC[C@@H]3N3CCCC3)CCC[C@]21C. The maximum absolute atomic E-state index is 5.92. The molecule has 1 heterocycles. The minimum absolute atomic E-state index is 0.286. The van der Waals surface area contributed by atoms with E-state index in [1.807, 2.05) is 0 Å². The van der Waals surface area contributed by atoms with E-state index in [0.29, 0.717) is 23.9 Å². The van der Waals surface area contributed by atoms with Crippen molar-refractivity contribution in [2.45, 2.75) is 122 Å². The second kappa shape index (κ2) is 10.3. The van der Waals surface area contributed by atoms with Gasteiger partial charge in [0.25, 0.3) is 0 Å². The lowest BCUT2D eigenvalue weighted by Gasteiger charge is -2.55. The first-order valence-corrected chi connectivity index (χ1v) is 15.1. The monoisotopic (exact) mass is 495 g/mol. The molecule has 0 aromatic heterocycles. The number of benzene rings is 1. The Hall–Kier alpha value is -1.13. The van der Waals surface area contributed by atoms with Crippen LogP contribution in [0.3, 0.4) is 0 Å². The summed E-state index contributed by atoms with van der Waals surface area (Å²) in [5.41, 5.74) is 5.33. The average molecular weight is 496 g/mol. The summed E-state index contributed by atoms with van der Waals surface area (Å²) in [4.78, 5) is 2.73. The normalized spacial score (nSPS) is 35.4. The Morgan fingerprint density at radius 1 is 1.03 bits per heavy atom. The third-order valence-electron chi connectivity index (χ3n) is 10.5. The molecule has 4 heteroatoms. The van der Waals surface area contributed by atoms with Crippen molar-refractivity contribution < 1.29 is 0 Å². The number of nitrogens with one attached hydrogen (secondary N) is 2. The molecule has 3 fully saturated rings. The summed E-state index contributed by atoms with van der Waals surface area (Å²) < 4.78 is 0. The van der Waals surface area contributed by atoms with E-state index in [9.17, 15) is 0 Å². The summed E-state index contributed by atoms with van der Waals surface area (Å²) in [6, 6.07) is 8.60. The molecule has 5 atom stereocenters.